The molecule has 3 atom stereocenters. The fourth-order valence-electron chi connectivity index (χ4n) is 5.79. The van der Waals surface area contributed by atoms with Crippen molar-refractivity contribution in [2.75, 3.05) is 37.5 Å². The summed E-state index contributed by atoms with van der Waals surface area (Å²) in [6.45, 7) is 1.45. The van der Waals surface area contributed by atoms with Gasteiger partial charge in [0.05, 0.1) is 24.2 Å². The smallest absolute Gasteiger partial charge is 0.407 e. The molecule has 0 bridgehead atoms. The number of ether oxygens (including phenoxy) is 2. The number of carbonyl (C=O) groups excluding carboxylic acids is 2. The number of carbonyl (C=O) groups is 2. The van der Waals surface area contributed by atoms with Crippen LogP contribution in [0.15, 0.2) is 119 Å². The number of anilines is 1. The molecule has 3 N–H and O–H groups in total. The van der Waals surface area contributed by atoms with Crippen molar-refractivity contribution in [3.63, 3.8) is 0 Å². The number of alkyl carbamates (subject to hydrolysis) is 1. The van der Waals surface area contributed by atoms with E-state index in [2.05, 4.69) is 16.0 Å². The second kappa shape index (κ2) is 16.8. The van der Waals surface area contributed by atoms with Crippen LogP contribution in [0.1, 0.15) is 29.0 Å². The van der Waals surface area contributed by atoms with Crippen LogP contribution in [0, 0.1) is 0 Å². The van der Waals surface area contributed by atoms with E-state index < -0.39 is 27.9 Å². The number of morpholine rings is 1. The van der Waals surface area contributed by atoms with Crippen LogP contribution in [-0.2, 0) is 30.5 Å². The van der Waals surface area contributed by atoms with Gasteiger partial charge in [-0.25, -0.2) is 13.2 Å². The maximum absolute atomic E-state index is 14.1. The Balaban J connectivity index is 1.25. The van der Waals surface area contributed by atoms with E-state index in [1.165, 1.54) is 13.4 Å². The second-order valence-corrected chi connectivity index (χ2v) is 14.8. The topological polar surface area (TPSA) is 123 Å². The number of hydrogen-bond acceptors (Lipinski definition) is 8. The van der Waals surface area contributed by atoms with E-state index in [1.54, 1.807) is 23.9 Å². The molecular weight excluding hydrogens is 647 g/mol. The lowest BCUT2D eigenvalue weighted by Gasteiger charge is -2.31. The van der Waals surface area contributed by atoms with Gasteiger partial charge in [0, 0.05) is 41.6 Å². The van der Waals surface area contributed by atoms with Gasteiger partial charge in [0.15, 0.2) is 9.84 Å². The molecule has 0 aliphatic carbocycles. The molecule has 48 heavy (non-hydrogen) atoms. The summed E-state index contributed by atoms with van der Waals surface area (Å²) in [6.07, 6.45) is 1.90. The minimum atomic E-state index is -3.23. The predicted octanol–water partition coefficient (Wildman–Crippen LogP) is 5.67. The number of amides is 2. The molecule has 4 aromatic carbocycles. The number of sulfone groups is 1. The molecule has 1 unspecified atom stereocenters. The summed E-state index contributed by atoms with van der Waals surface area (Å²) in [5.41, 5.74) is 3.40. The molecule has 0 saturated carbocycles. The van der Waals surface area contributed by atoms with Crippen LogP contribution in [0.2, 0.25) is 0 Å². The summed E-state index contributed by atoms with van der Waals surface area (Å²) in [5, 5.41) is 9.37. The minimum Gasteiger partial charge on any atom is -0.453 e. The average Bonchev–Trinajstić information content (AvgIpc) is 3.11. The maximum Gasteiger partial charge on any atom is 0.407 e. The lowest BCUT2D eigenvalue weighted by Crippen LogP contribution is -2.48. The molecule has 1 fully saturated rings. The van der Waals surface area contributed by atoms with Crippen molar-refractivity contribution in [2.24, 2.45) is 0 Å². The Hall–Kier alpha value is -4.16. The Bertz CT molecular complexity index is 1720. The third-order valence-electron chi connectivity index (χ3n) is 8.22. The van der Waals surface area contributed by atoms with Crippen LogP contribution in [-0.4, -0.2) is 70.9 Å². The molecule has 1 heterocycles. The van der Waals surface area contributed by atoms with Crippen LogP contribution in [0.4, 0.5) is 10.5 Å². The second-order valence-electron chi connectivity index (χ2n) is 11.7. The zero-order chi connectivity index (χ0) is 33.9. The minimum absolute atomic E-state index is 0.00339. The highest BCUT2D eigenvalue weighted by Gasteiger charge is 2.33. The quantitative estimate of drug-likeness (QED) is 0.154. The maximum atomic E-state index is 14.1. The average molecular weight is 688 g/mol. The molecule has 252 valence electrons. The molecule has 0 radical (unpaired) electrons. The lowest BCUT2D eigenvalue weighted by atomic mass is 9.84. The third-order valence-corrected chi connectivity index (χ3v) is 10.5. The van der Waals surface area contributed by atoms with Gasteiger partial charge >= 0.3 is 6.09 Å². The molecule has 1 aliphatic heterocycles. The first-order chi connectivity index (χ1) is 23.2. The highest BCUT2D eigenvalue weighted by molar-refractivity contribution is 7.99. The summed E-state index contributed by atoms with van der Waals surface area (Å²) < 4.78 is 34.9. The van der Waals surface area contributed by atoms with Crippen LogP contribution in [0.3, 0.4) is 0 Å². The molecule has 0 spiro atoms. The first-order valence-electron chi connectivity index (χ1n) is 15.8. The zero-order valence-corrected chi connectivity index (χ0v) is 28.6. The van der Waals surface area contributed by atoms with Gasteiger partial charge in [-0.1, -0.05) is 78.9 Å². The van der Waals surface area contributed by atoms with E-state index >= 15 is 0 Å². The predicted molar refractivity (Wildman–Crippen MR) is 189 cm³/mol. The number of benzene rings is 4. The van der Waals surface area contributed by atoms with Crippen molar-refractivity contribution in [2.45, 2.75) is 46.8 Å². The fourth-order valence-corrected chi connectivity index (χ4v) is 7.32. The normalized spacial score (nSPS) is 17.0. The summed E-state index contributed by atoms with van der Waals surface area (Å²) >= 11 is 1.63. The molecule has 1 saturated heterocycles. The Morgan fingerprint density at radius 2 is 1.48 bits per heavy atom. The lowest BCUT2D eigenvalue weighted by molar-refractivity contribution is -0.118. The van der Waals surface area contributed by atoms with E-state index in [4.69, 9.17) is 9.47 Å². The van der Waals surface area contributed by atoms with Crippen molar-refractivity contribution in [1.29, 1.82) is 0 Å². The summed E-state index contributed by atoms with van der Waals surface area (Å²) in [4.78, 5) is 27.9. The standard InChI is InChI=1S/C37H41N3O6S2/c1-45-37(42)40-35(34(27-12-5-3-6-13-27)28-14-7-4-8-15-28)36(41)39-33-16-10-9-11-26(33)17-18-29-23-38-24-30(46-29)25-47-31-19-21-32(22-20-31)48(2,43)44/h3-16,19-22,29-30,34-35,38H,17-18,23-25H2,1-2H3,(H,39,41)(H,40,42)/t29-,30+,35?/m1/s1. The molecule has 9 nitrogen and oxygen atoms in total. The van der Waals surface area contributed by atoms with Crippen molar-refractivity contribution in [1.82, 2.24) is 10.6 Å². The largest absolute Gasteiger partial charge is 0.453 e. The number of aryl methyl sites for hydroxylation is 1. The van der Waals surface area contributed by atoms with Crippen molar-refractivity contribution < 1.29 is 27.5 Å². The van der Waals surface area contributed by atoms with Gasteiger partial charge in [0.25, 0.3) is 0 Å². The van der Waals surface area contributed by atoms with Crippen LogP contribution in [0.5, 0.6) is 0 Å². The molecule has 5 rings (SSSR count). The van der Waals surface area contributed by atoms with Gasteiger partial charge in [-0.15, -0.1) is 11.8 Å². The van der Waals surface area contributed by atoms with E-state index in [1.807, 2.05) is 97.1 Å². The van der Waals surface area contributed by atoms with E-state index in [0.717, 1.165) is 46.8 Å². The molecular formula is C37H41N3O6S2. The molecule has 0 aromatic heterocycles. The van der Waals surface area contributed by atoms with Crippen LogP contribution >= 0.6 is 11.8 Å². The van der Waals surface area contributed by atoms with Gasteiger partial charge < -0.3 is 25.4 Å². The number of para-hydroxylation sites is 1. The van der Waals surface area contributed by atoms with E-state index in [-0.39, 0.29) is 18.1 Å². The summed E-state index contributed by atoms with van der Waals surface area (Å²) in [7, 11) is -1.95. The Kier molecular flexibility index (Phi) is 12.3. The first kappa shape index (κ1) is 35.2. The van der Waals surface area contributed by atoms with E-state index in [0.29, 0.717) is 17.0 Å². The molecule has 11 heteroatoms. The van der Waals surface area contributed by atoms with Crippen molar-refractivity contribution >= 4 is 39.3 Å². The third kappa shape index (κ3) is 9.70. The van der Waals surface area contributed by atoms with Gasteiger partial charge in [-0.05, 0) is 59.9 Å². The Morgan fingerprint density at radius 1 is 0.875 bits per heavy atom. The Labute approximate surface area is 286 Å². The highest BCUT2D eigenvalue weighted by atomic mass is 32.2. The van der Waals surface area contributed by atoms with Gasteiger partial charge in [-0.2, -0.15) is 0 Å². The number of hydrogen-bond donors (Lipinski definition) is 3. The van der Waals surface area contributed by atoms with Crippen molar-refractivity contribution in [3.05, 3.63) is 126 Å². The van der Waals surface area contributed by atoms with Crippen LogP contribution in [0.25, 0.3) is 0 Å². The Morgan fingerprint density at radius 3 is 2.10 bits per heavy atom. The van der Waals surface area contributed by atoms with E-state index in [9.17, 15) is 18.0 Å². The number of methoxy groups -OCH3 is 1. The van der Waals surface area contributed by atoms with Crippen molar-refractivity contribution in [3.8, 4) is 0 Å². The zero-order valence-electron chi connectivity index (χ0n) is 27.0. The molecule has 1 aliphatic rings. The number of thioether (sulfide) groups is 1. The highest BCUT2D eigenvalue weighted by Crippen LogP contribution is 2.30. The summed E-state index contributed by atoms with van der Waals surface area (Å²) in [5.74, 6) is -0.0944. The fraction of sp³-hybridized carbons (Fsp3) is 0.297. The molecule has 4 aromatic rings. The SMILES string of the molecule is COC(=O)NC(C(=O)Nc1ccccc1CC[C@@H]1CNC[C@@H](CSc2ccc(S(C)(=O)=O)cc2)O1)C(c1ccccc1)c1ccccc1. The first-order valence-corrected chi connectivity index (χ1v) is 18.7. The van der Waals surface area contributed by atoms with Gasteiger partial charge in [-0.3, -0.25) is 4.79 Å². The number of rotatable bonds is 13. The molecule has 2 amide bonds. The monoisotopic (exact) mass is 687 g/mol. The number of nitrogens with one attached hydrogen (secondary N) is 3. The van der Waals surface area contributed by atoms with Crippen LogP contribution < -0.4 is 16.0 Å². The van der Waals surface area contributed by atoms with Gasteiger partial charge in [0.1, 0.15) is 6.04 Å². The summed E-state index contributed by atoms with van der Waals surface area (Å²) in [6, 6.07) is 32.9. The van der Waals surface area contributed by atoms with Gasteiger partial charge in [0.2, 0.25) is 5.91 Å².